The quantitative estimate of drug-likeness (QED) is 0.473. The van der Waals surface area contributed by atoms with Crippen LogP contribution in [0.25, 0.3) is 0 Å². The number of hydrogen-bond acceptors (Lipinski definition) is 5. The molecule has 4 nitrogen and oxygen atoms in total. The zero-order chi connectivity index (χ0) is 7.40. The van der Waals surface area contributed by atoms with Crippen molar-refractivity contribution in [1.29, 1.82) is 0 Å². The summed E-state index contributed by atoms with van der Waals surface area (Å²) >= 11 is 1.30. The third kappa shape index (κ3) is 1.51. The van der Waals surface area contributed by atoms with E-state index in [1.54, 1.807) is 6.20 Å². The van der Waals surface area contributed by atoms with E-state index in [1.807, 2.05) is 6.92 Å². The molecule has 0 fully saturated rings. The lowest BCUT2D eigenvalue weighted by Gasteiger charge is -1.90. The molecule has 0 spiro atoms. The van der Waals surface area contributed by atoms with E-state index in [4.69, 9.17) is 0 Å². The molecule has 5 heteroatoms. The first-order valence-electron chi connectivity index (χ1n) is 2.70. The first kappa shape index (κ1) is 7.14. The lowest BCUT2D eigenvalue weighted by atomic mass is 10.4. The Hall–Kier alpha value is -0.970. The molecule has 0 radical (unpaired) electrons. The van der Waals surface area contributed by atoms with Gasteiger partial charge in [-0.3, -0.25) is 0 Å². The molecule has 0 amide bonds. The van der Waals surface area contributed by atoms with Gasteiger partial charge in [-0.25, -0.2) is 0 Å². The highest BCUT2D eigenvalue weighted by atomic mass is 32.1. The van der Waals surface area contributed by atoms with Crippen LogP contribution in [0.2, 0.25) is 0 Å². The van der Waals surface area contributed by atoms with E-state index in [-0.39, 0.29) is 0 Å². The van der Waals surface area contributed by atoms with Crippen LogP contribution < -0.4 is 0 Å². The molecule has 0 saturated carbocycles. The van der Waals surface area contributed by atoms with E-state index in [0.717, 1.165) is 10.6 Å². The SMILES string of the molecule is CO/N=C(\C)c1cnns1. The van der Waals surface area contributed by atoms with Gasteiger partial charge in [-0.1, -0.05) is 9.64 Å². The van der Waals surface area contributed by atoms with Crippen molar-refractivity contribution in [1.82, 2.24) is 9.59 Å². The molecular weight excluding hydrogens is 150 g/mol. The van der Waals surface area contributed by atoms with Gasteiger partial charge in [0.05, 0.1) is 16.8 Å². The van der Waals surface area contributed by atoms with Crippen molar-refractivity contribution in [2.24, 2.45) is 5.16 Å². The topological polar surface area (TPSA) is 47.4 Å². The Bertz CT molecular complexity index is 219. The molecule has 0 aliphatic rings. The standard InChI is InChI=1S/C5H7N3OS/c1-4(7-9-2)5-3-6-8-10-5/h3H,1-2H3/b7-4+. The summed E-state index contributed by atoms with van der Waals surface area (Å²) in [6, 6.07) is 0. The Balaban J connectivity index is 2.77. The van der Waals surface area contributed by atoms with Gasteiger partial charge in [0.25, 0.3) is 0 Å². The van der Waals surface area contributed by atoms with E-state index in [2.05, 4.69) is 19.6 Å². The molecule has 0 aliphatic carbocycles. The van der Waals surface area contributed by atoms with Crippen molar-refractivity contribution in [3.63, 3.8) is 0 Å². The summed E-state index contributed by atoms with van der Waals surface area (Å²) in [5, 5.41) is 7.37. The molecule has 10 heavy (non-hydrogen) atoms. The molecule has 1 heterocycles. The van der Waals surface area contributed by atoms with Crippen molar-refractivity contribution < 1.29 is 4.84 Å². The zero-order valence-corrected chi connectivity index (χ0v) is 6.55. The van der Waals surface area contributed by atoms with Crippen LogP contribution in [0.15, 0.2) is 11.4 Å². The Labute approximate surface area is 62.7 Å². The molecule has 0 N–H and O–H groups in total. The van der Waals surface area contributed by atoms with Gasteiger partial charge in [0.15, 0.2) is 0 Å². The minimum absolute atomic E-state index is 0.803. The maximum atomic E-state index is 4.57. The zero-order valence-electron chi connectivity index (χ0n) is 5.74. The maximum Gasteiger partial charge on any atom is 0.106 e. The van der Waals surface area contributed by atoms with Gasteiger partial charge in [0.1, 0.15) is 7.11 Å². The summed E-state index contributed by atoms with van der Waals surface area (Å²) < 4.78 is 3.68. The third-order valence-corrected chi connectivity index (χ3v) is 1.72. The van der Waals surface area contributed by atoms with E-state index in [9.17, 15) is 0 Å². The Morgan fingerprint density at radius 3 is 3.10 bits per heavy atom. The summed E-state index contributed by atoms with van der Waals surface area (Å²) in [6.45, 7) is 1.85. The van der Waals surface area contributed by atoms with E-state index >= 15 is 0 Å². The highest BCUT2D eigenvalue weighted by Crippen LogP contribution is 2.03. The average Bonchev–Trinajstić information content (AvgIpc) is 2.38. The molecule has 1 aromatic rings. The van der Waals surface area contributed by atoms with Crippen molar-refractivity contribution >= 4 is 17.2 Å². The van der Waals surface area contributed by atoms with Crippen LogP contribution in [0.4, 0.5) is 0 Å². The van der Waals surface area contributed by atoms with Gasteiger partial charge >= 0.3 is 0 Å². The van der Waals surface area contributed by atoms with E-state index in [1.165, 1.54) is 18.6 Å². The van der Waals surface area contributed by atoms with Gasteiger partial charge in [0.2, 0.25) is 0 Å². The van der Waals surface area contributed by atoms with Crippen molar-refractivity contribution in [2.75, 3.05) is 7.11 Å². The van der Waals surface area contributed by atoms with Gasteiger partial charge in [-0.05, 0) is 18.5 Å². The number of hydrogen-bond donors (Lipinski definition) is 0. The van der Waals surface area contributed by atoms with Crippen LogP contribution in [-0.2, 0) is 4.84 Å². The minimum atomic E-state index is 0.803. The summed E-state index contributed by atoms with van der Waals surface area (Å²) in [5.41, 5.74) is 0.803. The average molecular weight is 157 g/mol. The molecule has 1 aromatic heterocycles. The maximum absolute atomic E-state index is 4.57. The highest BCUT2D eigenvalue weighted by molar-refractivity contribution is 7.07. The summed E-state index contributed by atoms with van der Waals surface area (Å²) in [5.74, 6) is 0. The fourth-order valence-electron chi connectivity index (χ4n) is 0.509. The lowest BCUT2D eigenvalue weighted by molar-refractivity contribution is 0.213. The number of nitrogens with zero attached hydrogens (tertiary/aromatic N) is 3. The normalized spacial score (nSPS) is 11.6. The second-order valence-electron chi connectivity index (χ2n) is 1.64. The Morgan fingerprint density at radius 1 is 1.80 bits per heavy atom. The number of rotatable bonds is 2. The highest BCUT2D eigenvalue weighted by Gasteiger charge is 1.98. The second-order valence-corrected chi connectivity index (χ2v) is 2.43. The lowest BCUT2D eigenvalue weighted by Crippen LogP contribution is -1.90. The molecule has 0 atom stereocenters. The van der Waals surface area contributed by atoms with Crippen LogP contribution in [0.3, 0.4) is 0 Å². The number of aromatic nitrogens is 2. The Morgan fingerprint density at radius 2 is 2.60 bits per heavy atom. The van der Waals surface area contributed by atoms with Gasteiger partial charge in [-0.15, -0.1) is 5.10 Å². The molecule has 0 aromatic carbocycles. The van der Waals surface area contributed by atoms with Crippen molar-refractivity contribution in [3.05, 3.63) is 11.1 Å². The molecule has 54 valence electrons. The molecule has 0 aliphatic heterocycles. The minimum Gasteiger partial charge on any atom is -0.399 e. The van der Waals surface area contributed by atoms with Crippen LogP contribution in [0, 0.1) is 0 Å². The fraction of sp³-hybridized carbons (Fsp3) is 0.400. The predicted molar refractivity (Wildman–Crippen MR) is 39.1 cm³/mol. The van der Waals surface area contributed by atoms with Crippen molar-refractivity contribution in [2.45, 2.75) is 6.92 Å². The molecule has 0 bridgehead atoms. The van der Waals surface area contributed by atoms with Crippen LogP contribution in [0.5, 0.6) is 0 Å². The van der Waals surface area contributed by atoms with Gasteiger partial charge < -0.3 is 4.84 Å². The molecule has 0 unspecified atom stereocenters. The fourth-order valence-corrected chi connectivity index (χ4v) is 0.954. The molecule has 0 saturated heterocycles. The van der Waals surface area contributed by atoms with Crippen LogP contribution in [-0.4, -0.2) is 22.4 Å². The van der Waals surface area contributed by atoms with Gasteiger partial charge in [-0.2, -0.15) is 0 Å². The molecular formula is C5H7N3OS. The Kier molecular flexibility index (Phi) is 2.33. The summed E-state index contributed by atoms with van der Waals surface area (Å²) in [6.07, 6.45) is 1.66. The van der Waals surface area contributed by atoms with Crippen LogP contribution >= 0.6 is 11.5 Å². The van der Waals surface area contributed by atoms with E-state index in [0.29, 0.717) is 0 Å². The first-order chi connectivity index (χ1) is 4.84. The predicted octanol–water partition coefficient (Wildman–Crippen LogP) is 0.908. The van der Waals surface area contributed by atoms with Crippen molar-refractivity contribution in [3.8, 4) is 0 Å². The largest absolute Gasteiger partial charge is 0.399 e. The van der Waals surface area contributed by atoms with Crippen LogP contribution in [0.1, 0.15) is 11.8 Å². The summed E-state index contributed by atoms with van der Waals surface area (Å²) in [7, 11) is 1.51. The monoisotopic (exact) mass is 157 g/mol. The van der Waals surface area contributed by atoms with E-state index < -0.39 is 0 Å². The number of oxime groups is 1. The smallest absolute Gasteiger partial charge is 0.106 e. The van der Waals surface area contributed by atoms with Gasteiger partial charge in [0, 0.05) is 0 Å². The first-order valence-corrected chi connectivity index (χ1v) is 3.47. The third-order valence-electron chi connectivity index (χ3n) is 0.946. The summed E-state index contributed by atoms with van der Waals surface area (Å²) in [4.78, 5) is 5.50. The second kappa shape index (κ2) is 3.26. The molecule has 1 rings (SSSR count).